The second-order valence-corrected chi connectivity index (χ2v) is 1.39. The minimum absolute atomic E-state index is 0.255. The lowest BCUT2D eigenvalue weighted by Gasteiger charge is -1.71. The molecule has 0 aliphatic rings. The standard InChI is InChI=1S/C4H8O.C2H2F2/c1-3-4(2)5;1-2(3)4/h3H2,1-2H3;1H2. The molecule has 0 aliphatic carbocycles. The van der Waals surface area contributed by atoms with Gasteiger partial charge >= 0.3 is 0 Å². The predicted octanol–water partition coefficient (Wildman–Crippen LogP) is 2.38. The third-order valence-corrected chi connectivity index (χ3v) is 0.498. The van der Waals surface area contributed by atoms with Crippen LogP contribution in [-0.2, 0) is 4.79 Å². The number of hydrogen-bond acceptors (Lipinski definition) is 1. The third-order valence-electron chi connectivity index (χ3n) is 0.498. The molecule has 0 bridgehead atoms. The highest BCUT2D eigenvalue weighted by Crippen LogP contribution is 1.85. The molecular weight excluding hydrogens is 126 g/mol. The fourth-order valence-electron chi connectivity index (χ4n) is 0. The Morgan fingerprint density at radius 1 is 1.56 bits per heavy atom. The fourth-order valence-corrected chi connectivity index (χ4v) is 0. The largest absolute Gasteiger partial charge is 0.300 e. The van der Waals surface area contributed by atoms with Crippen LogP contribution >= 0.6 is 0 Å². The van der Waals surface area contributed by atoms with Crippen molar-refractivity contribution < 1.29 is 13.6 Å². The van der Waals surface area contributed by atoms with Gasteiger partial charge in [-0.1, -0.05) is 6.92 Å². The maximum atomic E-state index is 10.1. The van der Waals surface area contributed by atoms with Crippen LogP contribution in [0.1, 0.15) is 20.3 Å². The lowest BCUT2D eigenvalue weighted by atomic mass is 10.4. The maximum absolute atomic E-state index is 10.1. The lowest BCUT2D eigenvalue weighted by Crippen LogP contribution is -1.80. The van der Waals surface area contributed by atoms with E-state index in [1.165, 1.54) is 0 Å². The molecule has 0 aromatic heterocycles. The highest BCUT2D eigenvalue weighted by Gasteiger charge is 1.76. The van der Waals surface area contributed by atoms with Gasteiger partial charge in [0.2, 0.25) is 0 Å². The highest BCUT2D eigenvalue weighted by atomic mass is 19.3. The Balaban J connectivity index is 0. The van der Waals surface area contributed by atoms with Crippen molar-refractivity contribution in [1.29, 1.82) is 0 Å². The molecule has 0 aliphatic heterocycles. The van der Waals surface area contributed by atoms with Gasteiger partial charge in [-0.25, -0.2) is 0 Å². The first kappa shape index (κ1) is 11.1. The van der Waals surface area contributed by atoms with Crippen LogP contribution in [0.25, 0.3) is 0 Å². The van der Waals surface area contributed by atoms with Gasteiger partial charge in [-0.05, 0) is 13.5 Å². The van der Waals surface area contributed by atoms with Crippen LogP contribution < -0.4 is 0 Å². The minimum Gasteiger partial charge on any atom is -0.300 e. The molecule has 0 radical (unpaired) electrons. The molecule has 0 aromatic carbocycles. The van der Waals surface area contributed by atoms with Crippen molar-refractivity contribution in [2.24, 2.45) is 0 Å². The van der Waals surface area contributed by atoms with E-state index in [2.05, 4.69) is 6.58 Å². The summed E-state index contributed by atoms with van der Waals surface area (Å²) in [6.45, 7) is 5.66. The molecule has 0 saturated carbocycles. The monoisotopic (exact) mass is 136 g/mol. The summed E-state index contributed by atoms with van der Waals surface area (Å²) >= 11 is 0. The van der Waals surface area contributed by atoms with Gasteiger partial charge in [-0.15, -0.1) is 0 Å². The van der Waals surface area contributed by atoms with Gasteiger partial charge in [0.15, 0.2) is 0 Å². The Morgan fingerprint density at radius 2 is 1.67 bits per heavy atom. The van der Waals surface area contributed by atoms with E-state index >= 15 is 0 Å². The van der Waals surface area contributed by atoms with Gasteiger partial charge < -0.3 is 4.79 Å². The van der Waals surface area contributed by atoms with E-state index in [0.717, 1.165) is 0 Å². The van der Waals surface area contributed by atoms with Crippen LogP contribution in [0.5, 0.6) is 0 Å². The first-order valence-electron chi connectivity index (χ1n) is 2.50. The summed E-state index contributed by atoms with van der Waals surface area (Å²) in [7, 11) is 0. The van der Waals surface area contributed by atoms with E-state index in [9.17, 15) is 13.6 Å². The summed E-state index contributed by atoms with van der Waals surface area (Å²) in [5.74, 6) is 0.255. The average Bonchev–Trinajstić information content (AvgIpc) is 1.65. The lowest BCUT2D eigenvalue weighted by molar-refractivity contribution is -0.116. The summed E-state index contributed by atoms with van der Waals surface area (Å²) < 4.78 is 20.3. The number of Topliss-reactive ketones (excluding diaryl/α,β-unsaturated/α-hetero) is 1. The summed E-state index contributed by atoms with van der Waals surface area (Å²) in [5, 5.41) is 0. The molecule has 9 heavy (non-hydrogen) atoms. The second kappa shape index (κ2) is 7.27. The van der Waals surface area contributed by atoms with Crippen molar-refractivity contribution in [2.45, 2.75) is 20.3 Å². The van der Waals surface area contributed by atoms with E-state index in [-0.39, 0.29) is 5.78 Å². The average molecular weight is 136 g/mol. The van der Waals surface area contributed by atoms with Crippen LogP contribution in [0.4, 0.5) is 8.78 Å². The maximum Gasteiger partial charge on any atom is 0.263 e. The van der Waals surface area contributed by atoms with Crippen molar-refractivity contribution in [3.05, 3.63) is 12.7 Å². The van der Waals surface area contributed by atoms with Gasteiger partial charge in [0.1, 0.15) is 5.78 Å². The summed E-state index contributed by atoms with van der Waals surface area (Å²) in [6.07, 6.45) is -1.17. The molecule has 3 heteroatoms. The predicted molar refractivity (Wildman–Crippen MR) is 32.3 cm³/mol. The summed E-state index contributed by atoms with van der Waals surface area (Å²) in [4.78, 5) is 9.81. The molecule has 0 heterocycles. The van der Waals surface area contributed by atoms with Gasteiger partial charge in [-0.2, -0.15) is 8.78 Å². The van der Waals surface area contributed by atoms with Crippen molar-refractivity contribution in [3.63, 3.8) is 0 Å². The van der Waals surface area contributed by atoms with Crippen LogP contribution in [0.15, 0.2) is 12.7 Å². The van der Waals surface area contributed by atoms with Crippen LogP contribution in [0.3, 0.4) is 0 Å². The van der Waals surface area contributed by atoms with E-state index in [4.69, 9.17) is 0 Å². The number of hydrogen-bond donors (Lipinski definition) is 0. The molecule has 0 fully saturated rings. The molecule has 0 amide bonds. The molecule has 0 saturated heterocycles. The van der Waals surface area contributed by atoms with Gasteiger partial charge in [-0.3, -0.25) is 0 Å². The number of carbonyl (C=O) groups excluding carboxylic acids is 1. The minimum atomic E-state index is -1.83. The summed E-state index contributed by atoms with van der Waals surface area (Å²) in [6, 6.07) is 0. The molecule has 0 N–H and O–H groups in total. The Morgan fingerprint density at radius 3 is 1.67 bits per heavy atom. The van der Waals surface area contributed by atoms with Crippen molar-refractivity contribution in [2.75, 3.05) is 0 Å². The van der Waals surface area contributed by atoms with Gasteiger partial charge in [0.25, 0.3) is 6.08 Å². The first-order valence-corrected chi connectivity index (χ1v) is 2.50. The molecule has 1 nitrogen and oxygen atoms in total. The Kier molecular flexibility index (Phi) is 8.98. The zero-order valence-corrected chi connectivity index (χ0v) is 5.58. The quantitative estimate of drug-likeness (QED) is 0.540. The van der Waals surface area contributed by atoms with Crippen molar-refractivity contribution in [1.82, 2.24) is 0 Å². The van der Waals surface area contributed by atoms with E-state index < -0.39 is 6.08 Å². The van der Waals surface area contributed by atoms with Crippen LogP contribution in [-0.4, -0.2) is 5.78 Å². The van der Waals surface area contributed by atoms with Crippen LogP contribution in [0, 0.1) is 0 Å². The topological polar surface area (TPSA) is 17.1 Å². The first-order chi connectivity index (χ1) is 4.00. The SMILES string of the molecule is C=C(F)F.CCC(C)=O. The molecule has 0 aromatic rings. The fraction of sp³-hybridized carbons (Fsp3) is 0.500. The molecule has 0 spiro atoms. The third kappa shape index (κ3) is 125. The number of carbonyl (C=O) groups is 1. The van der Waals surface area contributed by atoms with Crippen molar-refractivity contribution >= 4 is 5.78 Å². The number of ketones is 1. The van der Waals surface area contributed by atoms with Crippen molar-refractivity contribution in [3.8, 4) is 0 Å². The highest BCUT2D eigenvalue weighted by molar-refractivity contribution is 5.74. The zero-order chi connectivity index (χ0) is 7.86. The smallest absolute Gasteiger partial charge is 0.263 e. The number of rotatable bonds is 1. The Hall–Kier alpha value is -0.730. The van der Waals surface area contributed by atoms with E-state index in [1.807, 2.05) is 6.92 Å². The molecule has 54 valence electrons. The van der Waals surface area contributed by atoms with Gasteiger partial charge in [0, 0.05) is 6.42 Å². The normalized spacial score (nSPS) is 7.11. The second-order valence-electron chi connectivity index (χ2n) is 1.39. The summed E-state index contributed by atoms with van der Waals surface area (Å²) in [5.41, 5.74) is 0. The molecule has 0 rings (SSSR count). The van der Waals surface area contributed by atoms with E-state index in [0.29, 0.717) is 6.42 Å². The van der Waals surface area contributed by atoms with Crippen LogP contribution in [0.2, 0.25) is 0 Å². The molecular formula is C6H10F2O. The zero-order valence-electron chi connectivity index (χ0n) is 5.58. The molecule has 0 atom stereocenters. The Labute approximate surface area is 53.4 Å². The van der Waals surface area contributed by atoms with Gasteiger partial charge in [0.05, 0.1) is 0 Å². The number of halogens is 2. The Bertz CT molecular complexity index is 95.2. The van der Waals surface area contributed by atoms with E-state index in [1.54, 1.807) is 6.92 Å². The molecule has 0 unspecified atom stereocenters.